The smallest absolute Gasteiger partial charge is 0.407 e. The Balaban J connectivity index is 1.28. The summed E-state index contributed by atoms with van der Waals surface area (Å²) >= 11 is 0. The van der Waals surface area contributed by atoms with E-state index in [1.807, 2.05) is 31.2 Å². The van der Waals surface area contributed by atoms with E-state index in [0.29, 0.717) is 12.8 Å². The fourth-order valence-corrected chi connectivity index (χ4v) is 5.48. The van der Waals surface area contributed by atoms with Crippen LogP contribution in [0.4, 0.5) is 4.79 Å². The molecule has 2 aliphatic carbocycles. The molecule has 1 fully saturated rings. The van der Waals surface area contributed by atoms with Crippen molar-refractivity contribution in [1.82, 2.24) is 10.2 Å². The second-order valence-electron chi connectivity index (χ2n) is 9.87. The first kappa shape index (κ1) is 24.8. The number of aliphatic carboxylic acids is 1. The van der Waals surface area contributed by atoms with Gasteiger partial charge in [0.15, 0.2) is 0 Å². The van der Waals surface area contributed by atoms with Gasteiger partial charge in [-0.1, -0.05) is 74.7 Å². The van der Waals surface area contributed by atoms with Gasteiger partial charge in [-0.2, -0.15) is 0 Å². The molecule has 0 radical (unpaired) electrons. The van der Waals surface area contributed by atoms with Crippen molar-refractivity contribution in [2.24, 2.45) is 5.92 Å². The number of alkyl carbamates (subject to hydrolysis) is 1. The van der Waals surface area contributed by atoms with Crippen LogP contribution in [0.2, 0.25) is 0 Å². The van der Waals surface area contributed by atoms with Crippen LogP contribution in [0.5, 0.6) is 0 Å². The highest BCUT2D eigenvalue weighted by molar-refractivity contribution is 5.87. The average Bonchev–Trinajstić information content (AvgIpc) is 3.19. The lowest BCUT2D eigenvalue weighted by Gasteiger charge is -2.41. The molecule has 4 rings (SSSR count). The van der Waals surface area contributed by atoms with E-state index < -0.39 is 17.6 Å². The molecular formula is C28H34N2O5. The fraction of sp³-hybridized carbons (Fsp3) is 0.464. The van der Waals surface area contributed by atoms with Gasteiger partial charge >= 0.3 is 12.1 Å². The van der Waals surface area contributed by atoms with E-state index in [1.54, 1.807) is 7.05 Å². The third kappa shape index (κ3) is 5.04. The second kappa shape index (κ2) is 10.5. The predicted molar refractivity (Wildman–Crippen MR) is 133 cm³/mol. The number of carboxylic acids is 1. The van der Waals surface area contributed by atoms with Crippen molar-refractivity contribution in [2.45, 2.75) is 56.9 Å². The highest BCUT2D eigenvalue weighted by Crippen LogP contribution is 2.44. The minimum absolute atomic E-state index is 0.0106. The molecule has 0 aliphatic heterocycles. The monoisotopic (exact) mass is 478 g/mol. The lowest BCUT2D eigenvalue weighted by atomic mass is 9.80. The Hall–Kier alpha value is -3.35. The first-order valence-electron chi connectivity index (χ1n) is 12.4. The van der Waals surface area contributed by atoms with Gasteiger partial charge in [0.05, 0.1) is 0 Å². The molecular weight excluding hydrogens is 444 g/mol. The summed E-state index contributed by atoms with van der Waals surface area (Å²) in [5.74, 6) is -1.31. The van der Waals surface area contributed by atoms with Crippen LogP contribution in [-0.4, -0.2) is 53.7 Å². The third-order valence-corrected chi connectivity index (χ3v) is 7.56. The van der Waals surface area contributed by atoms with E-state index in [1.165, 1.54) is 16.0 Å². The molecule has 2 aliphatic rings. The molecule has 1 unspecified atom stereocenters. The lowest BCUT2D eigenvalue weighted by Crippen LogP contribution is -2.56. The molecule has 2 aromatic carbocycles. The Morgan fingerprint density at radius 1 is 1.03 bits per heavy atom. The number of ether oxygens (including phenoxy) is 1. The molecule has 35 heavy (non-hydrogen) atoms. The first-order valence-corrected chi connectivity index (χ1v) is 12.4. The number of benzene rings is 2. The van der Waals surface area contributed by atoms with E-state index in [9.17, 15) is 19.5 Å². The normalized spacial score (nSPS) is 17.1. The number of fused-ring (bicyclic) bond motifs is 3. The number of hydrogen-bond acceptors (Lipinski definition) is 4. The van der Waals surface area contributed by atoms with Crippen LogP contribution in [0.15, 0.2) is 48.5 Å². The van der Waals surface area contributed by atoms with Gasteiger partial charge in [-0.25, -0.2) is 9.59 Å². The summed E-state index contributed by atoms with van der Waals surface area (Å²) in [6, 6.07) is 16.3. The second-order valence-corrected chi connectivity index (χ2v) is 9.87. The summed E-state index contributed by atoms with van der Waals surface area (Å²) in [6.07, 6.45) is 3.22. The van der Waals surface area contributed by atoms with Crippen molar-refractivity contribution in [1.29, 1.82) is 0 Å². The average molecular weight is 479 g/mol. The van der Waals surface area contributed by atoms with Crippen molar-refractivity contribution in [3.63, 3.8) is 0 Å². The summed E-state index contributed by atoms with van der Waals surface area (Å²) in [6.45, 7) is 2.37. The summed E-state index contributed by atoms with van der Waals surface area (Å²) in [5, 5.41) is 12.6. The van der Waals surface area contributed by atoms with Gasteiger partial charge in [-0.15, -0.1) is 0 Å². The van der Waals surface area contributed by atoms with Crippen molar-refractivity contribution in [3.05, 3.63) is 59.7 Å². The lowest BCUT2D eigenvalue weighted by molar-refractivity contribution is -0.160. The zero-order chi connectivity index (χ0) is 25.0. The van der Waals surface area contributed by atoms with Crippen LogP contribution < -0.4 is 5.32 Å². The third-order valence-electron chi connectivity index (χ3n) is 7.56. The predicted octanol–water partition coefficient (Wildman–Crippen LogP) is 4.80. The molecule has 7 heteroatoms. The molecule has 1 atom stereocenters. The van der Waals surface area contributed by atoms with Crippen LogP contribution in [0, 0.1) is 5.92 Å². The van der Waals surface area contributed by atoms with E-state index >= 15 is 0 Å². The van der Waals surface area contributed by atoms with Gasteiger partial charge in [0.1, 0.15) is 12.1 Å². The Morgan fingerprint density at radius 2 is 1.60 bits per heavy atom. The molecule has 0 saturated heterocycles. The van der Waals surface area contributed by atoms with Crippen LogP contribution in [-0.2, 0) is 14.3 Å². The van der Waals surface area contributed by atoms with E-state index in [0.717, 1.165) is 30.4 Å². The number of likely N-dealkylation sites (N-methyl/N-ethyl adjacent to an activating group) is 1. The molecule has 7 nitrogen and oxygen atoms in total. The molecule has 186 valence electrons. The zero-order valence-corrected chi connectivity index (χ0v) is 20.5. The number of carboxylic acid groups (broad SMARTS) is 1. The van der Waals surface area contributed by atoms with Gasteiger partial charge in [0.2, 0.25) is 5.91 Å². The van der Waals surface area contributed by atoms with Crippen LogP contribution in [0.25, 0.3) is 11.1 Å². The fourth-order valence-electron chi connectivity index (χ4n) is 5.48. The maximum atomic E-state index is 12.9. The Labute approximate surface area is 206 Å². The number of nitrogens with zero attached hydrogens (tertiary/aromatic N) is 1. The summed E-state index contributed by atoms with van der Waals surface area (Å²) < 4.78 is 5.56. The molecule has 0 bridgehead atoms. The summed E-state index contributed by atoms with van der Waals surface area (Å²) in [4.78, 5) is 38.7. The maximum absolute atomic E-state index is 12.9. The maximum Gasteiger partial charge on any atom is 0.407 e. The molecule has 0 heterocycles. The highest BCUT2D eigenvalue weighted by Gasteiger charge is 2.45. The van der Waals surface area contributed by atoms with E-state index in [4.69, 9.17) is 4.74 Å². The highest BCUT2D eigenvalue weighted by atomic mass is 16.5. The molecule has 2 N–H and O–H groups in total. The quantitative estimate of drug-likeness (QED) is 0.568. The minimum atomic E-state index is -1.12. The van der Waals surface area contributed by atoms with Crippen LogP contribution in [0.3, 0.4) is 0 Å². The molecule has 2 aromatic rings. The van der Waals surface area contributed by atoms with Crippen LogP contribution >= 0.6 is 0 Å². The summed E-state index contributed by atoms with van der Waals surface area (Å²) in [5.41, 5.74) is 3.53. The molecule has 0 spiro atoms. The van der Waals surface area contributed by atoms with Gasteiger partial charge in [0, 0.05) is 25.9 Å². The van der Waals surface area contributed by atoms with Crippen molar-refractivity contribution < 1.29 is 24.2 Å². The van der Waals surface area contributed by atoms with Gasteiger partial charge in [-0.05, 0) is 41.0 Å². The zero-order valence-electron chi connectivity index (χ0n) is 20.5. The topological polar surface area (TPSA) is 95.9 Å². The van der Waals surface area contributed by atoms with Crippen LogP contribution in [0.1, 0.15) is 62.5 Å². The number of rotatable bonds is 8. The van der Waals surface area contributed by atoms with Crippen molar-refractivity contribution >= 4 is 18.0 Å². The van der Waals surface area contributed by atoms with Crippen molar-refractivity contribution in [3.8, 4) is 11.1 Å². The molecule has 0 aromatic heterocycles. The number of nitrogens with one attached hydrogen (secondary N) is 1. The molecule has 2 amide bonds. The van der Waals surface area contributed by atoms with E-state index in [2.05, 4.69) is 29.6 Å². The van der Waals surface area contributed by atoms with Gasteiger partial charge in [0.25, 0.3) is 0 Å². The number of carbonyl (C=O) groups is 3. The number of carbonyl (C=O) groups excluding carboxylic acids is 2. The Kier molecular flexibility index (Phi) is 7.43. The number of hydrogen-bond donors (Lipinski definition) is 2. The van der Waals surface area contributed by atoms with Crippen molar-refractivity contribution in [2.75, 3.05) is 20.2 Å². The minimum Gasteiger partial charge on any atom is -0.479 e. The van der Waals surface area contributed by atoms with Gasteiger partial charge in [-0.3, -0.25) is 4.79 Å². The first-order chi connectivity index (χ1) is 16.8. The van der Waals surface area contributed by atoms with E-state index in [-0.39, 0.29) is 37.3 Å². The summed E-state index contributed by atoms with van der Waals surface area (Å²) in [7, 11) is 1.59. The SMILES string of the molecule is CC(CNC(=O)OCC1c2ccccc2-c2ccccc21)CC(=O)N(C)C1(C(=O)O)CCCCC1. The molecule has 1 saturated carbocycles. The Bertz CT molecular complexity index is 1050. The largest absolute Gasteiger partial charge is 0.479 e. The van der Waals surface area contributed by atoms with Gasteiger partial charge < -0.3 is 20.1 Å². The standard InChI is InChI=1S/C28H34N2O5/c1-19(16-25(31)30(2)28(26(32)33)14-8-3-9-15-28)17-29-27(34)35-18-24-22-12-6-4-10-20(22)21-11-5-7-13-23(21)24/h4-7,10-13,19,24H,3,8-9,14-18H2,1-2H3,(H,29,34)(H,32,33). The Morgan fingerprint density at radius 3 is 2.17 bits per heavy atom. The number of amides is 2.